The fourth-order valence-electron chi connectivity index (χ4n) is 5.29. The summed E-state index contributed by atoms with van der Waals surface area (Å²) in [5.41, 5.74) is 0.307. The molecule has 1 unspecified atom stereocenters. The van der Waals surface area contributed by atoms with Crippen LogP contribution in [0, 0.1) is 17.0 Å². The Morgan fingerprint density at radius 1 is 1.15 bits per heavy atom. The summed E-state index contributed by atoms with van der Waals surface area (Å²) in [6.45, 7) is 1.73. The van der Waals surface area contributed by atoms with Crippen LogP contribution in [0.4, 0.5) is 0 Å². The highest BCUT2D eigenvalue weighted by atomic mass is 35.5. The topological polar surface area (TPSA) is 99.3 Å². The first-order chi connectivity index (χ1) is 16.4. The molecule has 9 heteroatoms. The normalized spacial score (nSPS) is 18.4. The molecule has 0 amide bonds. The Morgan fingerprint density at radius 3 is 2.59 bits per heavy atom. The molecule has 1 spiro atoms. The minimum Gasteiger partial charge on any atom is -0.416 e. The second kappa shape index (κ2) is 6.91. The quantitative estimate of drug-likeness (QED) is 0.347. The number of aromatic nitrogens is 2. The van der Waals surface area contributed by atoms with E-state index in [0.717, 1.165) is 5.39 Å². The number of nitrogens with one attached hydrogen (secondary N) is 1. The summed E-state index contributed by atoms with van der Waals surface area (Å²) in [4.78, 5) is 26.3. The molecule has 3 aromatic carbocycles. The highest BCUT2D eigenvalue weighted by molar-refractivity contribution is 6.30. The molecule has 0 bridgehead atoms. The molecule has 8 nitrogen and oxygen atoms in total. The maximum absolute atomic E-state index is 14.3. The molecule has 1 N–H and O–H groups in total. The lowest BCUT2D eigenvalue weighted by molar-refractivity contribution is -0.436. The van der Waals surface area contributed by atoms with E-state index in [2.05, 4.69) is 10.4 Å². The number of allylic oxidation sites excluding steroid dienone is 1. The van der Waals surface area contributed by atoms with Crippen LogP contribution in [-0.2, 0) is 5.41 Å². The second-order valence-electron chi connectivity index (χ2n) is 8.23. The Labute approximate surface area is 198 Å². The Morgan fingerprint density at radius 2 is 1.88 bits per heavy atom. The predicted octanol–water partition coefficient (Wildman–Crippen LogP) is 4.53. The zero-order chi connectivity index (χ0) is 23.8. The van der Waals surface area contributed by atoms with E-state index in [1.54, 1.807) is 49.4 Å². The van der Waals surface area contributed by atoms with Crippen LogP contribution in [0.25, 0.3) is 16.5 Å². The Hall–Kier alpha value is -4.17. The number of carbonyl (C=O) groups is 1. The number of benzene rings is 3. The first kappa shape index (κ1) is 20.4. The molecule has 0 radical (unpaired) electrons. The van der Waals surface area contributed by atoms with Crippen molar-refractivity contribution in [3.63, 3.8) is 0 Å². The monoisotopic (exact) mass is 472 g/mol. The van der Waals surface area contributed by atoms with E-state index in [4.69, 9.17) is 16.3 Å². The number of aryl methyl sites for hydroxylation is 1. The van der Waals surface area contributed by atoms with Gasteiger partial charge in [0, 0.05) is 17.6 Å². The fourth-order valence-corrected chi connectivity index (χ4v) is 5.47. The number of hydrogen-bond donors (Lipinski definition) is 1. The van der Waals surface area contributed by atoms with Gasteiger partial charge in [0.05, 0.1) is 21.9 Å². The van der Waals surface area contributed by atoms with Gasteiger partial charge in [0.25, 0.3) is 5.88 Å². The highest BCUT2D eigenvalue weighted by Gasteiger charge is 2.64. The second-order valence-corrected chi connectivity index (χ2v) is 8.67. The molecule has 0 fully saturated rings. The smallest absolute Gasteiger partial charge is 0.328 e. The molecule has 2 aliphatic rings. The van der Waals surface area contributed by atoms with Crippen molar-refractivity contribution in [2.75, 3.05) is 7.05 Å². The summed E-state index contributed by atoms with van der Waals surface area (Å²) < 4.78 is 7.59. The van der Waals surface area contributed by atoms with E-state index in [1.807, 2.05) is 18.2 Å². The SMILES string of the molecule is CNC1=C([N+](=O)[O-])C2(C(=O)c3cccc4cccc2c34)c2c(C)nn(-c3cccc(Cl)c3)c2O1. The van der Waals surface area contributed by atoms with Gasteiger partial charge < -0.3 is 10.1 Å². The Bertz CT molecular complexity index is 1600. The third-order valence-corrected chi connectivity index (χ3v) is 6.75. The van der Waals surface area contributed by atoms with Crippen molar-refractivity contribution < 1.29 is 14.5 Å². The number of hydrogen-bond acceptors (Lipinski definition) is 6. The van der Waals surface area contributed by atoms with Crippen molar-refractivity contribution in [2.24, 2.45) is 0 Å². The number of fused-ring (bicyclic) bond motifs is 3. The molecule has 1 atom stereocenters. The molecule has 1 aliphatic heterocycles. The number of ether oxygens (including phenoxy) is 1. The van der Waals surface area contributed by atoms with Gasteiger partial charge in [-0.2, -0.15) is 5.10 Å². The first-order valence-corrected chi connectivity index (χ1v) is 10.9. The number of ketones is 1. The summed E-state index contributed by atoms with van der Waals surface area (Å²) in [5.74, 6) is -0.260. The zero-order valence-electron chi connectivity index (χ0n) is 18.1. The summed E-state index contributed by atoms with van der Waals surface area (Å²) >= 11 is 6.22. The highest BCUT2D eigenvalue weighted by Crippen LogP contribution is 2.56. The van der Waals surface area contributed by atoms with Crippen LogP contribution in [0.3, 0.4) is 0 Å². The molecule has 168 valence electrons. The van der Waals surface area contributed by atoms with Gasteiger partial charge in [-0.25, -0.2) is 4.68 Å². The first-order valence-electron chi connectivity index (χ1n) is 10.6. The van der Waals surface area contributed by atoms with Gasteiger partial charge in [-0.1, -0.05) is 54.1 Å². The predicted molar refractivity (Wildman–Crippen MR) is 126 cm³/mol. The van der Waals surface area contributed by atoms with E-state index >= 15 is 0 Å². The minimum absolute atomic E-state index is 0.112. The number of halogens is 1. The number of nitrogens with zero attached hydrogens (tertiary/aromatic N) is 3. The van der Waals surface area contributed by atoms with Crippen LogP contribution in [0.2, 0.25) is 5.02 Å². The van der Waals surface area contributed by atoms with Crippen molar-refractivity contribution in [1.82, 2.24) is 15.1 Å². The zero-order valence-corrected chi connectivity index (χ0v) is 18.9. The van der Waals surface area contributed by atoms with Crippen LogP contribution in [0.1, 0.15) is 27.2 Å². The molecule has 34 heavy (non-hydrogen) atoms. The Balaban J connectivity index is 1.78. The van der Waals surface area contributed by atoms with E-state index < -0.39 is 10.3 Å². The van der Waals surface area contributed by atoms with Crippen molar-refractivity contribution in [3.05, 3.63) is 110 Å². The van der Waals surface area contributed by atoms with Crippen LogP contribution in [-0.4, -0.2) is 27.5 Å². The van der Waals surface area contributed by atoms with Gasteiger partial charge >= 0.3 is 5.70 Å². The minimum atomic E-state index is -1.72. The molecular weight excluding hydrogens is 456 g/mol. The average molecular weight is 473 g/mol. The summed E-state index contributed by atoms with van der Waals surface area (Å²) in [7, 11) is 1.53. The van der Waals surface area contributed by atoms with Gasteiger partial charge in [-0.05, 0) is 41.5 Å². The van der Waals surface area contributed by atoms with Gasteiger partial charge in [-0.15, -0.1) is 0 Å². The number of nitro groups is 1. The molecule has 1 aliphatic carbocycles. The molecule has 6 rings (SSSR count). The van der Waals surface area contributed by atoms with E-state index in [1.165, 1.54) is 11.7 Å². The van der Waals surface area contributed by atoms with Crippen molar-refractivity contribution in [1.29, 1.82) is 0 Å². The third-order valence-electron chi connectivity index (χ3n) is 6.52. The van der Waals surface area contributed by atoms with Crippen molar-refractivity contribution >= 4 is 28.2 Å². The standard InChI is InChI=1S/C25H17ClN4O4/c1-13-20-24(29(28-13)16-9-5-8-15(26)12-16)34-23(27-2)21(30(32)33)25(20)18-11-4-7-14-6-3-10-17(19(14)18)22(25)31/h3-12,27H,1-2H3. The van der Waals surface area contributed by atoms with Gasteiger partial charge in [0.1, 0.15) is 0 Å². The Kier molecular flexibility index (Phi) is 4.16. The number of carbonyl (C=O) groups excluding carboxylic acids is 1. The number of Topliss-reactive ketones (excluding diaryl/α,β-unsaturated/α-hetero) is 1. The van der Waals surface area contributed by atoms with Gasteiger partial charge in [0.15, 0.2) is 11.2 Å². The molecular formula is C25H17ClN4O4. The molecule has 4 aromatic rings. The fraction of sp³-hybridized carbons (Fsp3) is 0.120. The van der Waals surface area contributed by atoms with Crippen LogP contribution < -0.4 is 10.1 Å². The lowest BCUT2D eigenvalue weighted by Gasteiger charge is -2.31. The lowest BCUT2D eigenvalue weighted by Crippen LogP contribution is -2.45. The van der Waals surface area contributed by atoms with Gasteiger partial charge in [0.2, 0.25) is 5.88 Å². The van der Waals surface area contributed by atoms with Gasteiger partial charge in [-0.3, -0.25) is 14.9 Å². The molecule has 0 saturated heterocycles. The largest absolute Gasteiger partial charge is 0.416 e. The maximum atomic E-state index is 14.3. The molecule has 2 heterocycles. The van der Waals surface area contributed by atoms with E-state index in [-0.39, 0.29) is 23.2 Å². The summed E-state index contributed by atoms with van der Waals surface area (Å²) in [6.07, 6.45) is 0. The average Bonchev–Trinajstić information content (AvgIpc) is 3.29. The van der Waals surface area contributed by atoms with Crippen LogP contribution >= 0.6 is 11.6 Å². The third kappa shape index (κ3) is 2.38. The van der Waals surface area contributed by atoms with Crippen LogP contribution in [0.5, 0.6) is 5.88 Å². The summed E-state index contributed by atoms with van der Waals surface area (Å²) in [5, 5.41) is 22.1. The van der Waals surface area contributed by atoms with Crippen LogP contribution in [0.15, 0.2) is 72.2 Å². The molecule has 1 aromatic heterocycles. The van der Waals surface area contributed by atoms with E-state index in [0.29, 0.717) is 38.5 Å². The van der Waals surface area contributed by atoms with E-state index in [9.17, 15) is 14.9 Å². The maximum Gasteiger partial charge on any atom is 0.328 e. The summed E-state index contributed by atoms with van der Waals surface area (Å²) in [6, 6.07) is 17.9. The number of rotatable bonds is 3. The van der Waals surface area contributed by atoms with Crippen molar-refractivity contribution in [2.45, 2.75) is 12.3 Å². The molecule has 0 saturated carbocycles. The lowest BCUT2D eigenvalue weighted by atomic mass is 9.70. The van der Waals surface area contributed by atoms with Crippen molar-refractivity contribution in [3.8, 4) is 11.6 Å².